The summed E-state index contributed by atoms with van der Waals surface area (Å²) >= 11 is 0. The number of rotatable bonds is 6. The summed E-state index contributed by atoms with van der Waals surface area (Å²) in [7, 11) is 4.60. The summed E-state index contributed by atoms with van der Waals surface area (Å²) in [5.74, 6) is -0.307. The molecule has 1 aromatic carbocycles. The van der Waals surface area contributed by atoms with Crippen LogP contribution in [0.25, 0.3) is 27.8 Å². The van der Waals surface area contributed by atoms with E-state index in [0.29, 0.717) is 43.4 Å². The van der Waals surface area contributed by atoms with E-state index in [9.17, 15) is 22.8 Å². The Morgan fingerprint density at radius 3 is 2.64 bits per heavy atom. The number of hydrogen-bond donors (Lipinski definition) is 2. The number of benzene rings is 1. The normalized spacial score (nSPS) is 15.6. The molecule has 2 aromatic heterocycles. The molecule has 0 atom stereocenters. The van der Waals surface area contributed by atoms with Gasteiger partial charge >= 0.3 is 6.18 Å². The number of aromatic nitrogens is 2. The van der Waals surface area contributed by atoms with Crippen molar-refractivity contribution in [1.82, 2.24) is 35.5 Å². The second-order valence-corrected chi connectivity index (χ2v) is 9.64. The number of furan rings is 1. The Hall–Kier alpha value is -4.26. The van der Waals surface area contributed by atoms with E-state index in [1.54, 1.807) is 48.5 Å². The smallest absolute Gasteiger partial charge is 0.435 e. The first-order valence-corrected chi connectivity index (χ1v) is 12.3. The molecule has 2 aliphatic heterocycles. The van der Waals surface area contributed by atoms with Gasteiger partial charge in [0.25, 0.3) is 5.91 Å². The van der Waals surface area contributed by atoms with E-state index in [0.717, 1.165) is 21.9 Å². The zero-order valence-corrected chi connectivity index (χ0v) is 21.7. The van der Waals surface area contributed by atoms with E-state index in [4.69, 9.17) is 4.42 Å². The van der Waals surface area contributed by atoms with Crippen LogP contribution in [0.3, 0.4) is 0 Å². The summed E-state index contributed by atoms with van der Waals surface area (Å²) in [5, 5.41) is 5.99. The van der Waals surface area contributed by atoms with Crippen LogP contribution in [0.15, 0.2) is 47.2 Å². The van der Waals surface area contributed by atoms with Gasteiger partial charge in [0.2, 0.25) is 5.91 Å². The molecule has 5 rings (SSSR count). The number of hydrazine groups is 2. The fourth-order valence-corrected chi connectivity index (χ4v) is 4.67. The van der Waals surface area contributed by atoms with Crippen LogP contribution >= 0.6 is 0 Å². The Morgan fingerprint density at radius 1 is 1.18 bits per heavy atom. The summed E-state index contributed by atoms with van der Waals surface area (Å²) < 4.78 is 47.4. The van der Waals surface area contributed by atoms with Crippen molar-refractivity contribution in [3.8, 4) is 11.3 Å². The molecule has 0 bridgehead atoms. The largest absolute Gasteiger partial charge is 0.450 e. The minimum atomic E-state index is -4.62. The summed E-state index contributed by atoms with van der Waals surface area (Å²) in [4.78, 5) is 28.7. The summed E-state index contributed by atoms with van der Waals surface area (Å²) in [6, 6.07) is 6.12. The van der Waals surface area contributed by atoms with Crippen molar-refractivity contribution in [2.45, 2.75) is 19.0 Å². The molecule has 0 fully saturated rings. The predicted molar refractivity (Wildman–Crippen MR) is 137 cm³/mol. The van der Waals surface area contributed by atoms with Crippen LogP contribution < -0.4 is 11.0 Å². The second-order valence-electron chi connectivity index (χ2n) is 9.64. The molecule has 3 aromatic rings. The number of amides is 2. The molecule has 0 unspecified atom stereocenters. The zero-order valence-electron chi connectivity index (χ0n) is 21.7. The Kier molecular flexibility index (Phi) is 6.85. The molecule has 4 heterocycles. The monoisotopic (exact) mass is 543 g/mol. The highest BCUT2D eigenvalue weighted by Gasteiger charge is 2.35. The van der Waals surface area contributed by atoms with Crippen molar-refractivity contribution in [1.29, 1.82) is 0 Å². The molecule has 0 aliphatic carbocycles. The summed E-state index contributed by atoms with van der Waals surface area (Å²) in [5.41, 5.74) is 7.13. The number of hydrogen-bond acceptors (Lipinski definition) is 7. The minimum absolute atomic E-state index is 0.00682. The molecule has 2 N–H and O–H groups in total. The van der Waals surface area contributed by atoms with E-state index < -0.39 is 11.9 Å². The molecule has 2 aliphatic rings. The molecular formula is C26H28F3N7O3. The molecule has 0 spiro atoms. The SMILES string of the molecule is CN(C)C(=O)c1cc2cc(C3=CCCN(C(=O)CCN4C=CNN4)C3)cc(-c3cc(C(F)(F)F)nn3C)c2o1. The van der Waals surface area contributed by atoms with E-state index in [-0.39, 0.29) is 28.9 Å². The highest BCUT2D eigenvalue weighted by molar-refractivity contribution is 6.01. The van der Waals surface area contributed by atoms with Crippen LogP contribution in [0.4, 0.5) is 13.2 Å². The summed E-state index contributed by atoms with van der Waals surface area (Å²) in [6.07, 6.45) is 1.88. The van der Waals surface area contributed by atoms with Crippen LogP contribution in [0.1, 0.15) is 34.7 Å². The van der Waals surface area contributed by atoms with Crippen LogP contribution in [0.5, 0.6) is 0 Å². The zero-order chi connectivity index (χ0) is 27.9. The molecular weight excluding hydrogens is 515 g/mol. The van der Waals surface area contributed by atoms with Crippen molar-refractivity contribution >= 4 is 28.4 Å². The Bertz CT molecular complexity index is 1490. The van der Waals surface area contributed by atoms with Crippen LogP contribution in [0.2, 0.25) is 0 Å². The topological polar surface area (TPSA) is 98.9 Å². The van der Waals surface area contributed by atoms with Gasteiger partial charge in [-0.15, -0.1) is 5.53 Å². The second kappa shape index (κ2) is 10.1. The maximum absolute atomic E-state index is 13.4. The van der Waals surface area contributed by atoms with Gasteiger partial charge in [-0.05, 0) is 41.8 Å². The number of carbonyl (C=O) groups excluding carboxylic acids is 2. The standard InChI is InChI=1S/C26H28F3N7O3/c1-33(2)25(38)21-13-18-11-17(12-19(24(18)39-21)20-14-22(26(27,28)29)31-34(20)3)16-5-4-8-35(15-16)23(37)6-9-36-10-7-30-32-36/h5,7,10-14,30,32H,4,6,8-9,15H2,1-3H3. The lowest BCUT2D eigenvalue weighted by Crippen LogP contribution is -2.40. The number of fused-ring (bicyclic) bond motifs is 1. The molecule has 0 saturated carbocycles. The van der Waals surface area contributed by atoms with Crippen molar-refractivity contribution in [2.75, 3.05) is 33.7 Å². The number of aryl methyl sites for hydroxylation is 1. The lowest BCUT2D eigenvalue weighted by Gasteiger charge is -2.28. The van der Waals surface area contributed by atoms with E-state index in [1.165, 1.54) is 11.9 Å². The molecule has 2 amide bonds. The molecule has 10 nitrogen and oxygen atoms in total. The van der Waals surface area contributed by atoms with Gasteiger partial charge < -0.3 is 19.6 Å². The van der Waals surface area contributed by atoms with Crippen molar-refractivity contribution < 1.29 is 27.2 Å². The number of nitrogens with zero attached hydrogens (tertiary/aromatic N) is 5. The van der Waals surface area contributed by atoms with Crippen molar-refractivity contribution in [3.05, 3.63) is 59.8 Å². The van der Waals surface area contributed by atoms with Gasteiger partial charge in [-0.1, -0.05) is 6.08 Å². The predicted octanol–water partition coefficient (Wildman–Crippen LogP) is 3.36. The third-order valence-corrected chi connectivity index (χ3v) is 6.67. The molecule has 0 radical (unpaired) electrons. The fraction of sp³-hybridized carbons (Fsp3) is 0.346. The quantitative estimate of drug-likeness (QED) is 0.492. The van der Waals surface area contributed by atoms with Crippen LogP contribution in [0, 0.1) is 0 Å². The average Bonchev–Trinajstić information content (AvgIpc) is 3.65. The van der Waals surface area contributed by atoms with Gasteiger partial charge in [-0.2, -0.15) is 18.3 Å². The maximum atomic E-state index is 13.4. The Morgan fingerprint density at radius 2 is 1.97 bits per heavy atom. The van der Waals surface area contributed by atoms with Gasteiger partial charge in [-0.25, -0.2) is 0 Å². The number of alkyl halides is 3. The molecule has 13 heteroatoms. The summed E-state index contributed by atoms with van der Waals surface area (Å²) in [6.45, 7) is 1.42. The first-order valence-electron chi connectivity index (χ1n) is 12.3. The van der Waals surface area contributed by atoms with Crippen molar-refractivity contribution in [2.24, 2.45) is 7.05 Å². The Labute approximate surface area is 222 Å². The number of nitrogens with one attached hydrogen (secondary N) is 2. The van der Waals surface area contributed by atoms with Crippen molar-refractivity contribution in [3.63, 3.8) is 0 Å². The fourth-order valence-electron chi connectivity index (χ4n) is 4.67. The van der Waals surface area contributed by atoms with E-state index in [2.05, 4.69) is 16.1 Å². The molecule has 0 saturated heterocycles. The first kappa shape index (κ1) is 26.4. The molecule has 39 heavy (non-hydrogen) atoms. The van der Waals surface area contributed by atoms with E-state index in [1.807, 2.05) is 12.1 Å². The van der Waals surface area contributed by atoms with Gasteiger partial charge in [-0.3, -0.25) is 19.3 Å². The van der Waals surface area contributed by atoms with Gasteiger partial charge in [0.1, 0.15) is 5.58 Å². The third-order valence-electron chi connectivity index (χ3n) is 6.67. The molecule has 206 valence electrons. The minimum Gasteiger partial charge on any atom is -0.450 e. The van der Waals surface area contributed by atoms with Gasteiger partial charge in [0.15, 0.2) is 11.5 Å². The van der Waals surface area contributed by atoms with E-state index >= 15 is 0 Å². The average molecular weight is 544 g/mol. The highest BCUT2D eigenvalue weighted by atomic mass is 19.4. The number of carbonyl (C=O) groups is 2. The third kappa shape index (κ3) is 5.35. The number of halogens is 3. The van der Waals surface area contributed by atoms with Crippen LogP contribution in [-0.4, -0.2) is 70.1 Å². The van der Waals surface area contributed by atoms with Gasteiger partial charge in [0.05, 0.1) is 5.69 Å². The maximum Gasteiger partial charge on any atom is 0.435 e. The van der Waals surface area contributed by atoms with Crippen LogP contribution in [-0.2, 0) is 18.0 Å². The van der Waals surface area contributed by atoms with Gasteiger partial charge in [0, 0.05) is 70.5 Å². The lowest BCUT2D eigenvalue weighted by atomic mass is 9.96. The first-order chi connectivity index (χ1) is 18.5. The lowest BCUT2D eigenvalue weighted by molar-refractivity contribution is -0.141. The highest BCUT2D eigenvalue weighted by Crippen LogP contribution is 2.38. The Balaban J connectivity index is 1.51.